The van der Waals surface area contributed by atoms with Crippen LogP contribution in [-0.4, -0.2) is 17.9 Å². The van der Waals surface area contributed by atoms with E-state index < -0.39 is 0 Å². The van der Waals surface area contributed by atoms with Crippen molar-refractivity contribution in [2.75, 3.05) is 13.2 Å². The fourth-order valence-electron chi connectivity index (χ4n) is 1.50. The second-order valence-corrected chi connectivity index (χ2v) is 5.73. The summed E-state index contributed by atoms with van der Waals surface area (Å²) in [5, 5.41) is 3.25. The average molecular weight is 265 g/mol. The highest BCUT2D eigenvalue weighted by Gasteiger charge is 2.14. The molecular weight excluding hydrogens is 250 g/mol. The van der Waals surface area contributed by atoms with E-state index in [0.717, 1.165) is 12.3 Å². The van der Waals surface area contributed by atoms with Crippen LogP contribution >= 0.6 is 24.4 Å². The fraction of sp³-hybridized carbons (Fsp3) is 0.231. The second kappa shape index (κ2) is 6.19. The predicted octanol–water partition coefficient (Wildman–Crippen LogP) is 3.14. The Hall–Kier alpha value is -0.840. The van der Waals surface area contributed by atoms with Gasteiger partial charge in [0.05, 0.1) is 0 Å². The lowest BCUT2D eigenvalue weighted by molar-refractivity contribution is 0.363. The standard InChI is InChI=1S/C13H15NOS2/c1-2-7-15-11-5-3-10(4-6-11)8-12-9-14-13(16)17-12/h2-6,8,13-14,16H,1,7,9H2/b12-8-. The summed E-state index contributed by atoms with van der Waals surface area (Å²) in [6, 6.07) is 8.05. The van der Waals surface area contributed by atoms with Gasteiger partial charge in [0.15, 0.2) is 0 Å². The molecule has 0 bridgehead atoms. The second-order valence-electron chi connectivity index (χ2n) is 3.63. The number of benzene rings is 1. The largest absolute Gasteiger partial charge is 0.490 e. The van der Waals surface area contributed by atoms with E-state index in [4.69, 9.17) is 4.74 Å². The van der Waals surface area contributed by atoms with Crippen LogP contribution in [0.3, 0.4) is 0 Å². The maximum absolute atomic E-state index is 5.43. The molecule has 1 fully saturated rings. The van der Waals surface area contributed by atoms with Crippen LogP contribution in [0.25, 0.3) is 6.08 Å². The molecule has 2 rings (SSSR count). The van der Waals surface area contributed by atoms with E-state index in [0.29, 0.717) is 6.61 Å². The molecule has 0 aliphatic carbocycles. The molecule has 0 saturated carbocycles. The van der Waals surface area contributed by atoms with Crippen molar-refractivity contribution in [3.63, 3.8) is 0 Å². The Balaban J connectivity index is 2.00. The first-order valence-electron chi connectivity index (χ1n) is 5.40. The van der Waals surface area contributed by atoms with E-state index >= 15 is 0 Å². The van der Waals surface area contributed by atoms with Crippen LogP contribution in [-0.2, 0) is 0 Å². The minimum absolute atomic E-state index is 0.219. The number of ether oxygens (including phenoxy) is 1. The summed E-state index contributed by atoms with van der Waals surface area (Å²) >= 11 is 6.10. The highest BCUT2D eigenvalue weighted by atomic mass is 32.2. The number of hydrogen-bond acceptors (Lipinski definition) is 4. The van der Waals surface area contributed by atoms with Crippen molar-refractivity contribution < 1.29 is 4.74 Å². The molecule has 1 saturated heterocycles. The molecule has 1 heterocycles. The minimum Gasteiger partial charge on any atom is -0.490 e. The van der Waals surface area contributed by atoms with Gasteiger partial charge in [0, 0.05) is 11.4 Å². The number of hydrogen-bond donors (Lipinski definition) is 2. The van der Waals surface area contributed by atoms with Gasteiger partial charge in [0.2, 0.25) is 0 Å². The lowest BCUT2D eigenvalue weighted by Gasteiger charge is -2.03. The van der Waals surface area contributed by atoms with Gasteiger partial charge in [-0.25, -0.2) is 0 Å². The van der Waals surface area contributed by atoms with Gasteiger partial charge in [-0.1, -0.05) is 36.5 Å². The van der Waals surface area contributed by atoms with E-state index in [1.165, 1.54) is 10.5 Å². The van der Waals surface area contributed by atoms with Gasteiger partial charge in [-0.2, -0.15) is 0 Å². The molecule has 1 N–H and O–H groups in total. The molecule has 4 heteroatoms. The van der Waals surface area contributed by atoms with Crippen LogP contribution in [0, 0.1) is 0 Å². The molecule has 2 nitrogen and oxygen atoms in total. The Morgan fingerprint density at radius 2 is 2.24 bits per heavy atom. The third-order valence-corrected chi connectivity index (χ3v) is 3.74. The zero-order valence-electron chi connectivity index (χ0n) is 9.43. The van der Waals surface area contributed by atoms with Crippen LogP contribution < -0.4 is 10.1 Å². The summed E-state index contributed by atoms with van der Waals surface area (Å²) in [5.74, 6) is 0.872. The maximum Gasteiger partial charge on any atom is 0.119 e. The van der Waals surface area contributed by atoms with Crippen LogP contribution in [0.1, 0.15) is 5.56 Å². The summed E-state index contributed by atoms with van der Waals surface area (Å²) in [4.78, 5) is 1.31. The van der Waals surface area contributed by atoms with Crippen LogP contribution in [0.5, 0.6) is 5.75 Å². The van der Waals surface area contributed by atoms with Crippen LogP contribution in [0.15, 0.2) is 41.8 Å². The smallest absolute Gasteiger partial charge is 0.119 e. The number of thioether (sulfide) groups is 1. The summed E-state index contributed by atoms with van der Waals surface area (Å²) in [5.41, 5.74) is 1.18. The van der Waals surface area contributed by atoms with Gasteiger partial charge >= 0.3 is 0 Å². The quantitative estimate of drug-likeness (QED) is 0.645. The zero-order valence-corrected chi connectivity index (χ0v) is 11.1. The molecule has 1 aliphatic heterocycles. The van der Waals surface area contributed by atoms with E-state index in [9.17, 15) is 0 Å². The van der Waals surface area contributed by atoms with Crippen molar-refractivity contribution in [2.45, 2.75) is 4.71 Å². The third-order valence-electron chi connectivity index (χ3n) is 2.29. The molecule has 0 aromatic heterocycles. The van der Waals surface area contributed by atoms with Crippen molar-refractivity contribution in [3.8, 4) is 5.75 Å². The monoisotopic (exact) mass is 265 g/mol. The lowest BCUT2D eigenvalue weighted by Crippen LogP contribution is -2.12. The van der Waals surface area contributed by atoms with Gasteiger partial charge in [0.25, 0.3) is 0 Å². The molecule has 0 radical (unpaired) electrons. The molecule has 17 heavy (non-hydrogen) atoms. The van der Waals surface area contributed by atoms with Crippen molar-refractivity contribution in [1.29, 1.82) is 0 Å². The predicted molar refractivity (Wildman–Crippen MR) is 78.5 cm³/mol. The Morgan fingerprint density at radius 1 is 1.47 bits per heavy atom. The first-order valence-corrected chi connectivity index (χ1v) is 6.80. The SMILES string of the molecule is C=CCOc1ccc(/C=C2/CNC(S)S2)cc1. The molecule has 90 valence electrons. The zero-order chi connectivity index (χ0) is 12.1. The molecule has 1 unspecified atom stereocenters. The van der Waals surface area contributed by atoms with Gasteiger partial charge in [-0.05, 0) is 23.8 Å². The average Bonchev–Trinajstić information content (AvgIpc) is 2.74. The molecule has 1 aromatic carbocycles. The highest BCUT2D eigenvalue weighted by molar-refractivity contribution is 8.13. The Bertz CT molecular complexity index is 414. The molecule has 1 aliphatic rings. The van der Waals surface area contributed by atoms with Crippen LogP contribution in [0.4, 0.5) is 0 Å². The summed E-state index contributed by atoms with van der Waals surface area (Å²) in [6.45, 7) is 5.06. The van der Waals surface area contributed by atoms with Crippen molar-refractivity contribution in [3.05, 3.63) is 47.4 Å². The molecular formula is C13H15NOS2. The lowest BCUT2D eigenvalue weighted by atomic mass is 10.2. The molecule has 1 aromatic rings. The Kier molecular flexibility index (Phi) is 4.59. The first-order chi connectivity index (χ1) is 8.28. The van der Waals surface area contributed by atoms with Crippen molar-refractivity contribution in [1.82, 2.24) is 5.32 Å². The highest BCUT2D eigenvalue weighted by Crippen LogP contribution is 2.30. The van der Waals surface area contributed by atoms with E-state index in [-0.39, 0.29) is 4.71 Å². The fourth-order valence-corrected chi connectivity index (χ4v) is 2.82. The number of thiol groups is 1. The van der Waals surface area contributed by atoms with Crippen molar-refractivity contribution in [2.24, 2.45) is 0 Å². The van der Waals surface area contributed by atoms with E-state index in [1.54, 1.807) is 17.8 Å². The molecule has 0 amide bonds. The summed E-state index contributed by atoms with van der Waals surface area (Å²) < 4.78 is 5.65. The van der Waals surface area contributed by atoms with Crippen molar-refractivity contribution >= 4 is 30.5 Å². The molecule has 0 spiro atoms. The van der Waals surface area contributed by atoms with Gasteiger partial charge in [-0.3, -0.25) is 5.32 Å². The van der Waals surface area contributed by atoms with Gasteiger partial charge in [0.1, 0.15) is 17.1 Å². The van der Waals surface area contributed by atoms with Gasteiger partial charge < -0.3 is 4.74 Å². The van der Waals surface area contributed by atoms with Gasteiger partial charge in [-0.15, -0.1) is 12.6 Å². The summed E-state index contributed by atoms with van der Waals surface area (Å²) in [7, 11) is 0. The maximum atomic E-state index is 5.43. The number of rotatable bonds is 4. The van der Waals surface area contributed by atoms with Crippen LogP contribution in [0.2, 0.25) is 0 Å². The Morgan fingerprint density at radius 3 is 2.82 bits per heavy atom. The van der Waals surface area contributed by atoms with E-state index in [2.05, 4.69) is 42.7 Å². The minimum atomic E-state index is 0.219. The number of nitrogens with one attached hydrogen (secondary N) is 1. The molecule has 1 atom stereocenters. The topological polar surface area (TPSA) is 21.3 Å². The first kappa shape index (κ1) is 12.6. The normalized spacial score (nSPS) is 21.7. The Labute approximate surface area is 112 Å². The summed E-state index contributed by atoms with van der Waals surface area (Å²) in [6.07, 6.45) is 3.91. The third kappa shape index (κ3) is 3.84. The van der Waals surface area contributed by atoms with E-state index in [1.807, 2.05) is 12.1 Å².